The van der Waals surface area contributed by atoms with Crippen LogP contribution in [0.5, 0.6) is 11.5 Å². The zero-order valence-corrected chi connectivity index (χ0v) is 10.0. The van der Waals surface area contributed by atoms with Gasteiger partial charge in [-0.1, -0.05) is 24.3 Å². The van der Waals surface area contributed by atoms with Crippen LogP contribution >= 0.6 is 0 Å². The Balaban J connectivity index is 1.91. The van der Waals surface area contributed by atoms with Gasteiger partial charge in [-0.3, -0.25) is 0 Å². The standard InChI is InChI=1S/C15H16O3/c16-10-9-12-3-7-15(8-4-12)18-11-13-1-5-14(17)6-2-13/h1-8,16-17H,9-11H2. The minimum absolute atomic E-state index is 0.160. The Morgan fingerprint density at radius 2 is 1.44 bits per heavy atom. The van der Waals surface area contributed by atoms with Crippen molar-refractivity contribution in [3.05, 3.63) is 59.7 Å². The molecule has 0 aliphatic rings. The minimum atomic E-state index is 0.160. The Kier molecular flexibility index (Phi) is 4.20. The molecule has 0 aliphatic carbocycles. The molecule has 3 nitrogen and oxygen atoms in total. The molecule has 2 rings (SSSR count). The fourth-order valence-corrected chi connectivity index (χ4v) is 1.64. The topological polar surface area (TPSA) is 49.7 Å². The first-order valence-electron chi connectivity index (χ1n) is 5.88. The zero-order chi connectivity index (χ0) is 12.8. The van der Waals surface area contributed by atoms with E-state index in [0.717, 1.165) is 16.9 Å². The van der Waals surface area contributed by atoms with E-state index in [4.69, 9.17) is 14.9 Å². The van der Waals surface area contributed by atoms with Crippen molar-refractivity contribution in [2.24, 2.45) is 0 Å². The SMILES string of the molecule is OCCc1ccc(OCc2ccc(O)cc2)cc1. The molecule has 3 heteroatoms. The molecule has 0 aliphatic heterocycles. The molecule has 18 heavy (non-hydrogen) atoms. The average Bonchev–Trinajstić information content (AvgIpc) is 2.40. The number of aliphatic hydroxyl groups is 1. The first kappa shape index (κ1) is 12.5. The lowest BCUT2D eigenvalue weighted by molar-refractivity contribution is 0.298. The van der Waals surface area contributed by atoms with E-state index in [1.54, 1.807) is 12.1 Å². The Morgan fingerprint density at radius 1 is 0.833 bits per heavy atom. The van der Waals surface area contributed by atoms with E-state index in [-0.39, 0.29) is 12.4 Å². The summed E-state index contributed by atoms with van der Waals surface area (Å²) >= 11 is 0. The normalized spacial score (nSPS) is 10.3. The summed E-state index contributed by atoms with van der Waals surface area (Å²) < 4.78 is 5.62. The van der Waals surface area contributed by atoms with Gasteiger partial charge in [0.2, 0.25) is 0 Å². The van der Waals surface area contributed by atoms with Gasteiger partial charge in [-0.05, 0) is 41.8 Å². The summed E-state index contributed by atoms with van der Waals surface area (Å²) in [4.78, 5) is 0. The van der Waals surface area contributed by atoms with Gasteiger partial charge in [-0.25, -0.2) is 0 Å². The van der Waals surface area contributed by atoms with Gasteiger partial charge in [0, 0.05) is 6.61 Å². The maximum Gasteiger partial charge on any atom is 0.119 e. The molecule has 0 aromatic heterocycles. The predicted octanol–water partition coefficient (Wildman–Crippen LogP) is 2.51. The second-order valence-electron chi connectivity index (χ2n) is 4.07. The van der Waals surface area contributed by atoms with Gasteiger partial charge < -0.3 is 14.9 Å². The van der Waals surface area contributed by atoms with Gasteiger partial charge in [0.05, 0.1) is 0 Å². The third-order valence-corrected chi connectivity index (χ3v) is 2.67. The maximum absolute atomic E-state index is 9.16. The molecule has 0 fully saturated rings. The smallest absolute Gasteiger partial charge is 0.119 e. The summed E-state index contributed by atoms with van der Waals surface area (Å²) in [7, 11) is 0. The number of aromatic hydroxyl groups is 1. The van der Waals surface area contributed by atoms with Crippen molar-refractivity contribution < 1.29 is 14.9 Å². The van der Waals surface area contributed by atoms with E-state index < -0.39 is 0 Å². The van der Waals surface area contributed by atoms with Gasteiger partial charge >= 0.3 is 0 Å². The number of phenolic OH excluding ortho intramolecular Hbond substituents is 1. The van der Waals surface area contributed by atoms with E-state index in [9.17, 15) is 0 Å². The monoisotopic (exact) mass is 244 g/mol. The van der Waals surface area contributed by atoms with Crippen molar-refractivity contribution in [1.29, 1.82) is 0 Å². The van der Waals surface area contributed by atoms with Gasteiger partial charge in [0.25, 0.3) is 0 Å². The molecule has 2 aromatic rings. The first-order chi connectivity index (χ1) is 8.78. The molecule has 2 aromatic carbocycles. The number of phenols is 1. The van der Waals surface area contributed by atoms with Crippen LogP contribution < -0.4 is 4.74 Å². The third kappa shape index (κ3) is 3.50. The van der Waals surface area contributed by atoms with Crippen molar-refractivity contribution in [3.63, 3.8) is 0 Å². The number of aliphatic hydroxyl groups excluding tert-OH is 1. The Hall–Kier alpha value is -2.00. The fourth-order valence-electron chi connectivity index (χ4n) is 1.64. The van der Waals surface area contributed by atoms with Gasteiger partial charge in [-0.2, -0.15) is 0 Å². The van der Waals surface area contributed by atoms with Crippen LogP contribution in [0.4, 0.5) is 0 Å². The predicted molar refractivity (Wildman–Crippen MR) is 69.7 cm³/mol. The van der Waals surface area contributed by atoms with Crippen LogP contribution in [-0.4, -0.2) is 16.8 Å². The van der Waals surface area contributed by atoms with E-state index in [1.165, 1.54) is 0 Å². The van der Waals surface area contributed by atoms with E-state index in [0.29, 0.717) is 13.0 Å². The number of rotatable bonds is 5. The van der Waals surface area contributed by atoms with Crippen molar-refractivity contribution >= 4 is 0 Å². The van der Waals surface area contributed by atoms with Crippen molar-refractivity contribution in [2.45, 2.75) is 13.0 Å². The summed E-state index contributed by atoms with van der Waals surface area (Å²) in [5, 5.41) is 18.0. The lowest BCUT2D eigenvalue weighted by atomic mass is 10.1. The molecule has 0 heterocycles. The molecule has 0 saturated carbocycles. The fraction of sp³-hybridized carbons (Fsp3) is 0.200. The van der Waals surface area contributed by atoms with Gasteiger partial charge in [0.1, 0.15) is 18.1 Å². The van der Waals surface area contributed by atoms with Crippen molar-refractivity contribution in [3.8, 4) is 11.5 Å². The molecule has 0 atom stereocenters. The summed E-state index contributed by atoms with van der Waals surface area (Å²) in [5.74, 6) is 1.05. The maximum atomic E-state index is 9.16. The van der Waals surface area contributed by atoms with Crippen LogP contribution in [0.25, 0.3) is 0 Å². The summed E-state index contributed by atoms with van der Waals surface area (Å²) in [5.41, 5.74) is 2.10. The molecule has 94 valence electrons. The Labute approximate surface area is 106 Å². The second-order valence-corrected chi connectivity index (χ2v) is 4.07. The van der Waals surface area contributed by atoms with Crippen LogP contribution in [0, 0.1) is 0 Å². The van der Waals surface area contributed by atoms with E-state index >= 15 is 0 Å². The van der Waals surface area contributed by atoms with Crippen LogP contribution in [0.1, 0.15) is 11.1 Å². The van der Waals surface area contributed by atoms with E-state index in [2.05, 4.69) is 0 Å². The van der Waals surface area contributed by atoms with Crippen LogP contribution in [0.3, 0.4) is 0 Å². The highest BCUT2D eigenvalue weighted by Crippen LogP contribution is 2.16. The van der Waals surface area contributed by atoms with E-state index in [1.807, 2.05) is 36.4 Å². The molecule has 0 saturated heterocycles. The van der Waals surface area contributed by atoms with Crippen LogP contribution in [-0.2, 0) is 13.0 Å². The minimum Gasteiger partial charge on any atom is -0.508 e. The zero-order valence-electron chi connectivity index (χ0n) is 10.0. The summed E-state index contributed by atoms with van der Waals surface area (Å²) in [6.45, 7) is 0.632. The van der Waals surface area contributed by atoms with Gasteiger partial charge in [-0.15, -0.1) is 0 Å². The molecule has 0 bridgehead atoms. The highest BCUT2D eigenvalue weighted by molar-refractivity contribution is 5.29. The molecule has 0 spiro atoms. The largest absolute Gasteiger partial charge is 0.508 e. The Morgan fingerprint density at radius 3 is 2.06 bits per heavy atom. The first-order valence-corrected chi connectivity index (χ1v) is 5.88. The number of ether oxygens (including phenoxy) is 1. The molecule has 0 unspecified atom stereocenters. The highest BCUT2D eigenvalue weighted by Gasteiger charge is 1.97. The molecular weight excluding hydrogens is 228 g/mol. The molecule has 0 radical (unpaired) electrons. The van der Waals surface area contributed by atoms with Crippen molar-refractivity contribution in [2.75, 3.05) is 6.61 Å². The third-order valence-electron chi connectivity index (χ3n) is 2.67. The number of hydrogen-bond donors (Lipinski definition) is 2. The summed E-state index contributed by atoms with van der Waals surface area (Å²) in [6, 6.07) is 14.6. The quantitative estimate of drug-likeness (QED) is 0.849. The molecular formula is C15H16O3. The number of benzene rings is 2. The second kappa shape index (κ2) is 6.07. The van der Waals surface area contributed by atoms with Gasteiger partial charge in [0.15, 0.2) is 0 Å². The lowest BCUT2D eigenvalue weighted by Gasteiger charge is -2.07. The molecule has 0 amide bonds. The lowest BCUT2D eigenvalue weighted by Crippen LogP contribution is -1.96. The Bertz CT molecular complexity index is 474. The van der Waals surface area contributed by atoms with Crippen molar-refractivity contribution in [1.82, 2.24) is 0 Å². The average molecular weight is 244 g/mol. The number of hydrogen-bond acceptors (Lipinski definition) is 3. The van der Waals surface area contributed by atoms with Crippen LogP contribution in [0.2, 0.25) is 0 Å². The summed E-state index contributed by atoms with van der Waals surface area (Å²) in [6.07, 6.45) is 0.665. The molecule has 2 N–H and O–H groups in total. The van der Waals surface area contributed by atoms with Crippen LogP contribution in [0.15, 0.2) is 48.5 Å². The highest BCUT2D eigenvalue weighted by atomic mass is 16.5.